The average molecular weight is 493 g/mol. The van der Waals surface area contributed by atoms with Gasteiger partial charge >= 0.3 is 5.97 Å². The number of furan rings is 1. The third-order valence-corrected chi connectivity index (χ3v) is 6.06. The van der Waals surface area contributed by atoms with Crippen molar-refractivity contribution < 1.29 is 32.7 Å². The zero-order valence-corrected chi connectivity index (χ0v) is 20.9. The van der Waals surface area contributed by atoms with Crippen LogP contribution < -0.4 is 9.47 Å². The zero-order valence-electron chi connectivity index (χ0n) is 20.9. The minimum Gasteiger partial charge on any atom is -0.493 e. The Bertz CT molecular complexity index is 1360. The number of Topliss-reactive ketones (excluding diaryl/α,β-unsaturated/α-hetero) is 1. The second kappa shape index (κ2) is 10.6. The predicted molar refractivity (Wildman–Crippen MR) is 130 cm³/mol. The number of ether oxygens (including phenoxy) is 3. The molecule has 0 amide bonds. The Morgan fingerprint density at radius 3 is 2.53 bits per heavy atom. The van der Waals surface area contributed by atoms with E-state index in [-0.39, 0.29) is 24.6 Å². The van der Waals surface area contributed by atoms with Crippen molar-refractivity contribution in [2.45, 2.75) is 40.8 Å². The first-order valence-corrected chi connectivity index (χ1v) is 11.4. The second-order valence-electron chi connectivity index (χ2n) is 8.41. The van der Waals surface area contributed by atoms with E-state index >= 15 is 0 Å². The first-order valence-electron chi connectivity index (χ1n) is 11.4. The SMILES string of the molecule is COc1cc(C(=O)OCC(=O)c2cc(C)n(Cc3ccco3)c2C)ccc1OCc1c(C)noc1C. The molecule has 3 aromatic heterocycles. The molecule has 4 aromatic rings. The highest BCUT2D eigenvalue weighted by Crippen LogP contribution is 2.30. The molecule has 4 rings (SSSR count). The molecule has 0 aliphatic heterocycles. The van der Waals surface area contributed by atoms with E-state index in [1.807, 2.05) is 44.4 Å². The molecule has 0 bridgehead atoms. The summed E-state index contributed by atoms with van der Waals surface area (Å²) in [5.41, 5.74) is 4.04. The third-order valence-electron chi connectivity index (χ3n) is 6.06. The molecule has 0 spiro atoms. The molecule has 0 N–H and O–H groups in total. The van der Waals surface area contributed by atoms with Gasteiger partial charge in [-0.1, -0.05) is 5.16 Å². The number of aromatic nitrogens is 2. The fourth-order valence-corrected chi connectivity index (χ4v) is 3.95. The number of nitrogens with zero attached hydrogens (tertiary/aromatic N) is 2. The Labute approximate surface area is 208 Å². The van der Waals surface area contributed by atoms with Gasteiger partial charge in [0.1, 0.15) is 18.1 Å². The van der Waals surface area contributed by atoms with Gasteiger partial charge in [0.25, 0.3) is 0 Å². The van der Waals surface area contributed by atoms with Gasteiger partial charge in [-0.15, -0.1) is 0 Å². The van der Waals surface area contributed by atoms with E-state index in [0.29, 0.717) is 29.4 Å². The first-order chi connectivity index (χ1) is 17.3. The van der Waals surface area contributed by atoms with Crippen LogP contribution in [0, 0.1) is 27.7 Å². The molecular weight excluding hydrogens is 464 g/mol. The number of esters is 1. The van der Waals surface area contributed by atoms with Crippen molar-refractivity contribution in [1.82, 2.24) is 9.72 Å². The van der Waals surface area contributed by atoms with Crippen LogP contribution in [0.2, 0.25) is 0 Å². The van der Waals surface area contributed by atoms with Gasteiger partial charge in [-0.2, -0.15) is 0 Å². The lowest BCUT2D eigenvalue weighted by atomic mass is 10.1. The van der Waals surface area contributed by atoms with Crippen molar-refractivity contribution in [2.75, 3.05) is 13.7 Å². The van der Waals surface area contributed by atoms with E-state index < -0.39 is 5.97 Å². The maximum absolute atomic E-state index is 12.8. The Balaban J connectivity index is 1.39. The monoisotopic (exact) mass is 492 g/mol. The fraction of sp³-hybridized carbons (Fsp3) is 0.296. The Kier molecular flexibility index (Phi) is 7.28. The third kappa shape index (κ3) is 5.19. The Hall–Kier alpha value is -4.27. The number of ketones is 1. The molecule has 188 valence electrons. The van der Waals surface area contributed by atoms with Crippen LogP contribution in [0.1, 0.15) is 54.9 Å². The van der Waals surface area contributed by atoms with Crippen molar-refractivity contribution >= 4 is 11.8 Å². The number of aryl methyl sites for hydroxylation is 3. The van der Waals surface area contributed by atoms with Crippen molar-refractivity contribution in [3.63, 3.8) is 0 Å². The number of hydrogen-bond donors (Lipinski definition) is 0. The van der Waals surface area contributed by atoms with Gasteiger partial charge in [0, 0.05) is 17.0 Å². The van der Waals surface area contributed by atoms with Crippen molar-refractivity contribution in [2.24, 2.45) is 0 Å². The molecule has 3 heterocycles. The average Bonchev–Trinajstić information content (AvgIpc) is 3.58. The van der Waals surface area contributed by atoms with Crippen LogP contribution >= 0.6 is 0 Å². The van der Waals surface area contributed by atoms with Gasteiger partial charge < -0.3 is 27.7 Å². The summed E-state index contributed by atoms with van der Waals surface area (Å²) in [4.78, 5) is 25.5. The minimum atomic E-state index is -0.636. The first kappa shape index (κ1) is 24.8. The van der Waals surface area contributed by atoms with Crippen LogP contribution in [0.3, 0.4) is 0 Å². The van der Waals surface area contributed by atoms with Crippen molar-refractivity contribution in [3.05, 3.63) is 88.0 Å². The van der Waals surface area contributed by atoms with Gasteiger partial charge in [-0.05, 0) is 64.1 Å². The molecule has 0 radical (unpaired) electrons. The van der Waals surface area contributed by atoms with E-state index in [4.69, 9.17) is 23.2 Å². The molecule has 36 heavy (non-hydrogen) atoms. The molecule has 0 saturated carbocycles. The van der Waals surface area contributed by atoms with Gasteiger partial charge in [0.2, 0.25) is 5.78 Å². The standard InChI is InChI=1S/C27H28N2O7/c1-16-11-22(18(3)29(16)13-21-7-6-10-33-21)24(30)15-35-27(31)20-8-9-25(26(12-20)32-5)34-14-23-17(2)28-36-19(23)4/h6-12H,13-15H2,1-5H3. The molecule has 0 aliphatic rings. The highest BCUT2D eigenvalue weighted by atomic mass is 16.5. The molecule has 0 fully saturated rings. The summed E-state index contributed by atoms with van der Waals surface area (Å²) in [6, 6.07) is 10.2. The lowest BCUT2D eigenvalue weighted by molar-refractivity contribution is 0.0474. The van der Waals surface area contributed by atoms with E-state index in [1.54, 1.807) is 24.5 Å². The number of rotatable bonds is 10. The summed E-state index contributed by atoms with van der Waals surface area (Å²) in [6.45, 7) is 7.81. The van der Waals surface area contributed by atoms with Crippen LogP contribution in [-0.4, -0.2) is 35.2 Å². The molecule has 9 nitrogen and oxygen atoms in total. The number of carbonyl (C=O) groups is 2. The predicted octanol–water partition coefficient (Wildman–Crippen LogP) is 4.98. The Morgan fingerprint density at radius 1 is 1.06 bits per heavy atom. The number of methoxy groups -OCH3 is 1. The lowest BCUT2D eigenvalue weighted by Gasteiger charge is -2.12. The lowest BCUT2D eigenvalue weighted by Crippen LogP contribution is -2.15. The van der Waals surface area contributed by atoms with Crippen LogP contribution in [0.4, 0.5) is 0 Å². The topological polar surface area (TPSA) is 106 Å². The van der Waals surface area contributed by atoms with E-state index in [9.17, 15) is 9.59 Å². The van der Waals surface area contributed by atoms with Gasteiger partial charge in [0.15, 0.2) is 18.1 Å². The summed E-state index contributed by atoms with van der Waals surface area (Å²) >= 11 is 0. The number of benzene rings is 1. The molecular formula is C27H28N2O7. The maximum atomic E-state index is 12.8. The molecule has 9 heteroatoms. The maximum Gasteiger partial charge on any atom is 0.338 e. The number of hydrogen-bond acceptors (Lipinski definition) is 8. The summed E-state index contributed by atoms with van der Waals surface area (Å²) in [5.74, 6) is 1.36. The van der Waals surface area contributed by atoms with Gasteiger partial charge in [0.05, 0.1) is 36.7 Å². The summed E-state index contributed by atoms with van der Waals surface area (Å²) in [5, 5.41) is 3.91. The molecule has 1 aromatic carbocycles. The molecule has 0 unspecified atom stereocenters. The highest BCUT2D eigenvalue weighted by Gasteiger charge is 2.20. The van der Waals surface area contributed by atoms with Gasteiger partial charge in [-0.3, -0.25) is 4.79 Å². The minimum absolute atomic E-state index is 0.243. The van der Waals surface area contributed by atoms with E-state index in [0.717, 1.165) is 28.4 Å². The quantitative estimate of drug-likeness (QED) is 0.225. The van der Waals surface area contributed by atoms with Crippen LogP contribution in [0.15, 0.2) is 51.6 Å². The Morgan fingerprint density at radius 2 is 1.86 bits per heavy atom. The van der Waals surface area contributed by atoms with E-state index in [1.165, 1.54) is 13.2 Å². The summed E-state index contributed by atoms with van der Waals surface area (Å²) in [7, 11) is 1.48. The highest BCUT2D eigenvalue weighted by molar-refractivity contribution is 6.00. The molecule has 0 atom stereocenters. The van der Waals surface area contributed by atoms with Crippen LogP contribution in [0.25, 0.3) is 0 Å². The molecule has 0 saturated heterocycles. The zero-order chi connectivity index (χ0) is 25.8. The largest absolute Gasteiger partial charge is 0.493 e. The van der Waals surface area contributed by atoms with Crippen molar-refractivity contribution in [3.8, 4) is 11.5 Å². The summed E-state index contributed by atoms with van der Waals surface area (Å²) in [6.07, 6.45) is 1.61. The molecule has 0 aliphatic carbocycles. The number of carbonyl (C=O) groups excluding carboxylic acids is 2. The van der Waals surface area contributed by atoms with Crippen LogP contribution in [-0.2, 0) is 17.9 Å². The second-order valence-corrected chi connectivity index (χ2v) is 8.41. The van der Waals surface area contributed by atoms with Crippen molar-refractivity contribution in [1.29, 1.82) is 0 Å². The van der Waals surface area contributed by atoms with Gasteiger partial charge in [-0.25, -0.2) is 4.79 Å². The summed E-state index contributed by atoms with van der Waals surface area (Å²) < 4.78 is 29.1. The van der Waals surface area contributed by atoms with E-state index in [2.05, 4.69) is 5.16 Å². The normalized spacial score (nSPS) is 10.9. The van der Waals surface area contributed by atoms with Crippen LogP contribution in [0.5, 0.6) is 11.5 Å². The smallest absolute Gasteiger partial charge is 0.338 e. The fourth-order valence-electron chi connectivity index (χ4n) is 3.95.